The topological polar surface area (TPSA) is 71.3 Å². The van der Waals surface area contributed by atoms with Gasteiger partial charge in [-0.15, -0.1) is 12.4 Å². The lowest BCUT2D eigenvalue weighted by molar-refractivity contribution is 0.0768. The van der Waals surface area contributed by atoms with E-state index in [0.29, 0.717) is 11.6 Å². The van der Waals surface area contributed by atoms with E-state index in [9.17, 15) is 4.79 Å². The fourth-order valence-corrected chi connectivity index (χ4v) is 3.41. The molecule has 2 aromatic heterocycles. The number of nitrogens with zero attached hydrogens (tertiary/aromatic N) is 3. The number of pyridine rings is 1. The molecule has 6 nitrogen and oxygen atoms in total. The van der Waals surface area contributed by atoms with Crippen LogP contribution in [-0.2, 0) is 6.42 Å². The van der Waals surface area contributed by atoms with Gasteiger partial charge < -0.3 is 14.7 Å². The Morgan fingerprint density at radius 3 is 2.96 bits per heavy atom. The zero-order valence-corrected chi connectivity index (χ0v) is 15.4. The lowest BCUT2D eigenvalue weighted by atomic mass is 10.0. The zero-order valence-electron chi connectivity index (χ0n) is 14.6. The van der Waals surface area contributed by atoms with Crippen LogP contribution < -0.4 is 5.32 Å². The summed E-state index contributed by atoms with van der Waals surface area (Å²) in [6.45, 7) is 5.46. The number of hydrogen-bond acceptors (Lipinski definition) is 5. The van der Waals surface area contributed by atoms with E-state index in [4.69, 9.17) is 4.52 Å². The molecule has 1 aliphatic heterocycles. The van der Waals surface area contributed by atoms with Crippen LogP contribution in [0.3, 0.4) is 0 Å². The molecule has 4 rings (SSSR count). The van der Waals surface area contributed by atoms with Crippen molar-refractivity contribution in [1.82, 2.24) is 20.4 Å². The van der Waals surface area contributed by atoms with Crippen LogP contribution in [-0.4, -0.2) is 47.1 Å². The second-order valence-corrected chi connectivity index (χ2v) is 6.82. The van der Waals surface area contributed by atoms with E-state index < -0.39 is 0 Å². The molecule has 1 N–H and O–H groups in total. The normalized spacial score (nSPS) is 18.0. The third-order valence-electron chi connectivity index (χ3n) is 4.88. The Hall–Kier alpha value is -1.66. The second kappa shape index (κ2) is 7.70. The number of carbonyl (C=O) groups excluding carboxylic acids is 1. The number of carbonyl (C=O) groups is 1. The van der Waals surface area contributed by atoms with Gasteiger partial charge in [-0.25, -0.2) is 4.98 Å². The summed E-state index contributed by atoms with van der Waals surface area (Å²) in [5.41, 5.74) is 3.10. The predicted octanol–water partition coefficient (Wildman–Crippen LogP) is 2.91. The molecule has 136 valence electrons. The molecule has 1 saturated heterocycles. The van der Waals surface area contributed by atoms with Crippen molar-refractivity contribution in [1.29, 1.82) is 0 Å². The first-order valence-electron chi connectivity index (χ1n) is 9.07. The van der Waals surface area contributed by atoms with Crippen LogP contribution >= 0.6 is 12.4 Å². The van der Waals surface area contributed by atoms with Gasteiger partial charge in [-0.1, -0.05) is 18.5 Å². The number of fused-ring (bicyclic) bond motifs is 1. The van der Waals surface area contributed by atoms with Gasteiger partial charge in [0.25, 0.3) is 11.6 Å². The number of rotatable bonds is 4. The third-order valence-corrected chi connectivity index (χ3v) is 4.88. The highest BCUT2D eigenvalue weighted by molar-refractivity contribution is 6.06. The zero-order chi connectivity index (χ0) is 16.5. The average Bonchev–Trinajstić information content (AvgIpc) is 3.40. The van der Waals surface area contributed by atoms with Gasteiger partial charge in [0.05, 0.1) is 16.6 Å². The fourth-order valence-electron chi connectivity index (χ4n) is 3.41. The lowest BCUT2D eigenvalue weighted by Crippen LogP contribution is -2.34. The van der Waals surface area contributed by atoms with E-state index >= 15 is 0 Å². The minimum Gasteiger partial charge on any atom is -0.337 e. The summed E-state index contributed by atoms with van der Waals surface area (Å²) in [6.07, 6.45) is 5.05. The molecule has 1 aliphatic carbocycles. The molecule has 2 aliphatic rings. The van der Waals surface area contributed by atoms with Gasteiger partial charge in [0, 0.05) is 31.2 Å². The van der Waals surface area contributed by atoms with Crippen LogP contribution in [0.1, 0.15) is 60.3 Å². The first-order chi connectivity index (χ1) is 11.8. The summed E-state index contributed by atoms with van der Waals surface area (Å²) >= 11 is 0. The number of hydrogen-bond donors (Lipinski definition) is 1. The molecular weight excluding hydrogens is 340 g/mol. The van der Waals surface area contributed by atoms with Crippen LogP contribution in [0.5, 0.6) is 0 Å². The summed E-state index contributed by atoms with van der Waals surface area (Å²) in [5.74, 6) is 0.569. The highest BCUT2D eigenvalue weighted by Crippen LogP contribution is 2.40. The van der Waals surface area contributed by atoms with Gasteiger partial charge >= 0.3 is 0 Å². The Balaban J connectivity index is 0.00000182. The molecule has 0 atom stereocenters. The number of aryl methyl sites for hydroxylation is 1. The number of nitrogens with one attached hydrogen (secondary N) is 1. The summed E-state index contributed by atoms with van der Waals surface area (Å²) in [7, 11) is 0. The van der Waals surface area contributed by atoms with Crippen molar-refractivity contribution in [3.05, 3.63) is 23.0 Å². The lowest BCUT2D eigenvalue weighted by Gasteiger charge is -2.20. The Morgan fingerprint density at radius 2 is 2.20 bits per heavy atom. The standard InChI is InChI=1S/C18H24N4O2.ClH/c1-2-4-14-16-13(18(23)22-9-3-7-19-8-10-22)11-15(12-5-6-12)20-17(16)24-21-14;/h11-12,19H,2-10H2,1H3;1H. The van der Waals surface area contributed by atoms with Crippen LogP contribution in [0.2, 0.25) is 0 Å². The van der Waals surface area contributed by atoms with Gasteiger partial charge in [-0.05, 0) is 38.3 Å². The molecule has 0 bridgehead atoms. The first-order valence-corrected chi connectivity index (χ1v) is 9.07. The molecule has 1 amide bonds. The number of aromatic nitrogens is 2. The van der Waals surface area contributed by atoms with E-state index in [-0.39, 0.29) is 18.3 Å². The molecule has 3 heterocycles. The monoisotopic (exact) mass is 364 g/mol. The first kappa shape index (κ1) is 18.1. The van der Waals surface area contributed by atoms with Crippen LogP contribution in [0.25, 0.3) is 11.1 Å². The third kappa shape index (κ3) is 3.65. The summed E-state index contributed by atoms with van der Waals surface area (Å²) < 4.78 is 5.48. The highest BCUT2D eigenvalue weighted by atomic mass is 35.5. The van der Waals surface area contributed by atoms with Crippen molar-refractivity contribution in [3.63, 3.8) is 0 Å². The quantitative estimate of drug-likeness (QED) is 0.903. The molecule has 0 spiro atoms. The van der Waals surface area contributed by atoms with Crippen molar-refractivity contribution in [2.24, 2.45) is 0 Å². The summed E-state index contributed by atoms with van der Waals surface area (Å²) in [6, 6.07) is 2.00. The van der Waals surface area contributed by atoms with Gasteiger partial charge in [-0.3, -0.25) is 4.79 Å². The van der Waals surface area contributed by atoms with Gasteiger partial charge in [0.1, 0.15) is 0 Å². The number of amides is 1. The van der Waals surface area contributed by atoms with Crippen LogP contribution in [0, 0.1) is 0 Å². The number of halogens is 1. The van der Waals surface area contributed by atoms with Crippen molar-refractivity contribution in [2.45, 2.75) is 44.9 Å². The Labute approximate surface area is 153 Å². The van der Waals surface area contributed by atoms with Crippen LogP contribution in [0.4, 0.5) is 0 Å². The van der Waals surface area contributed by atoms with Crippen LogP contribution in [0.15, 0.2) is 10.6 Å². The van der Waals surface area contributed by atoms with Crippen molar-refractivity contribution in [2.75, 3.05) is 26.2 Å². The van der Waals surface area contributed by atoms with E-state index in [1.807, 2.05) is 11.0 Å². The van der Waals surface area contributed by atoms with E-state index in [1.165, 1.54) is 0 Å². The molecule has 7 heteroatoms. The molecule has 0 unspecified atom stereocenters. The average molecular weight is 365 g/mol. The maximum absolute atomic E-state index is 13.2. The summed E-state index contributed by atoms with van der Waals surface area (Å²) in [5, 5.41) is 8.36. The fraction of sp³-hybridized carbons (Fsp3) is 0.611. The van der Waals surface area contributed by atoms with E-state index in [2.05, 4.69) is 22.4 Å². The Kier molecular flexibility index (Phi) is 5.59. The molecule has 25 heavy (non-hydrogen) atoms. The second-order valence-electron chi connectivity index (χ2n) is 6.82. The molecule has 0 radical (unpaired) electrons. The molecule has 1 saturated carbocycles. The van der Waals surface area contributed by atoms with Gasteiger partial charge in [0.15, 0.2) is 0 Å². The largest absolute Gasteiger partial charge is 0.337 e. The van der Waals surface area contributed by atoms with Crippen molar-refractivity contribution in [3.8, 4) is 0 Å². The maximum atomic E-state index is 13.2. The molecule has 2 aromatic rings. The summed E-state index contributed by atoms with van der Waals surface area (Å²) in [4.78, 5) is 19.8. The Bertz CT molecular complexity index is 749. The van der Waals surface area contributed by atoms with E-state index in [0.717, 1.165) is 80.6 Å². The Morgan fingerprint density at radius 1 is 1.36 bits per heavy atom. The minimum absolute atomic E-state index is 0. The van der Waals surface area contributed by atoms with Crippen molar-refractivity contribution < 1.29 is 9.32 Å². The van der Waals surface area contributed by atoms with Crippen molar-refractivity contribution >= 4 is 29.4 Å². The van der Waals surface area contributed by atoms with Gasteiger partial charge in [-0.2, -0.15) is 0 Å². The van der Waals surface area contributed by atoms with E-state index in [1.54, 1.807) is 0 Å². The molecular formula is C18H25ClN4O2. The minimum atomic E-state index is 0. The highest BCUT2D eigenvalue weighted by Gasteiger charge is 2.30. The van der Waals surface area contributed by atoms with Gasteiger partial charge in [0.2, 0.25) is 0 Å². The SMILES string of the molecule is CCCc1noc2nc(C3CC3)cc(C(=O)N3CCCNCC3)c12.Cl. The molecule has 2 fully saturated rings. The predicted molar refractivity (Wildman–Crippen MR) is 98.4 cm³/mol. The maximum Gasteiger partial charge on any atom is 0.259 e. The molecule has 0 aromatic carbocycles. The smallest absolute Gasteiger partial charge is 0.259 e.